The van der Waals surface area contributed by atoms with E-state index in [9.17, 15) is 13.2 Å². The Hall–Kier alpha value is -2.82. The first-order valence-corrected chi connectivity index (χ1v) is 12.8. The lowest BCUT2D eigenvalue weighted by atomic mass is 9.95. The van der Waals surface area contributed by atoms with Gasteiger partial charge in [-0.1, -0.05) is 12.1 Å². The predicted octanol–water partition coefficient (Wildman–Crippen LogP) is 1.98. The number of hydrogen-bond acceptors (Lipinski definition) is 7. The van der Waals surface area contributed by atoms with Gasteiger partial charge in [0.2, 0.25) is 5.91 Å². The molecule has 0 atom stereocenters. The Morgan fingerprint density at radius 3 is 2.32 bits per heavy atom. The maximum atomic E-state index is 12.9. The van der Waals surface area contributed by atoms with E-state index in [1.165, 1.54) is 26.4 Å². The zero-order valence-corrected chi connectivity index (χ0v) is 20.3. The number of methoxy groups -OCH3 is 2. The van der Waals surface area contributed by atoms with Gasteiger partial charge >= 0.3 is 0 Å². The second kappa shape index (κ2) is 10.2. The molecule has 2 aromatic rings. The first-order chi connectivity index (χ1) is 16.4. The fourth-order valence-electron chi connectivity index (χ4n) is 4.15. The van der Waals surface area contributed by atoms with Crippen LogP contribution in [0, 0.1) is 0 Å². The third-order valence-electron chi connectivity index (χ3n) is 6.36. The van der Waals surface area contributed by atoms with Crippen LogP contribution in [0.1, 0.15) is 18.4 Å². The molecule has 2 fully saturated rings. The molecule has 1 aliphatic carbocycles. The largest absolute Gasteiger partial charge is 0.493 e. The summed E-state index contributed by atoms with van der Waals surface area (Å²) in [5.41, 5.74) is 0.790. The predicted molar refractivity (Wildman–Crippen MR) is 128 cm³/mol. The Bertz CT molecular complexity index is 1110. The van der Waals surface area contributed by atoms with E-state index < -0.39 is 15.4 Å². The van der Waals surface area contributed by atoms with Crippen molar-refractivity contribution in [1.82, 2.24) is 10.2 Å². The van der Waals surface area contributed by atoms with Gasteiger partial charge in [0.25, 0.3) is 10.0 Å². The van der Waals surface area contributed by atoms with Crippen molar-refractivity contribution in [3.05, 3.63) is 48.0 Å². The number of nitrogens with zero attached hydrogens (tertiary/aromatic N) is 1. The first-order valence-electron chi connectivity index (χ1n) is 11.3. The molecule has 4 rings (SSSR count). The summed E-state index contributed by atoms with van der Waals surface area (Å²) < 4.78 is 44.0. The Morgan fingerprint density at radius 2 is 1.71 bits per heavy atom. The number of carbonyl (C=O) groups excluding carboxylic acids is 1. The van der Waals surface area contributed by atoms with Crippen molar-refractivity contribution >= 4 is 21.6 Å². The number of sulfonamides is 1. The number of benzene rings is 2. The van der Waals surface area contributed by atoms with Crippen LogP contribution in [-0.4, -0.2) is 72.8 Å². The molecule has 0 radical (unpaired) electrons. The minimum absolute atomic E-state index is 0.0272. The highest BCUT2D eigenvalue weighted by Gasteiger charge is 2.51. The van der Waals surface area contributed by atoms with E-state index >= 15 is 0 Å². The zero-order valence-electron chi connectivity index (χ0n) is 19.5. The molecule has 1 amide bonds. The summed E-state index contributed by atoms with van der Waals surface area (Å²) in [7, 11) is -0.881. The van der Waals surface area contributed by atoms with Crippen LogP contribution in [-0.2, 0) is 25.0 Å². The van der Waals surface area contributed by atoms with Gasteiger partial charge in [-0.05, 0) is 42.7 Å². The highest BCUT2D eigenvalue weighted by molar-refractivity contribution is 7.92. The van der Waals surface area contributed by atoms with Gasteiger partial charge in [0, 0.05) is 37.9 Å². The van der Waals surface area contributed by atoms with Crippen LogP contribution in [0.5, 0.6) is 11.5 Å². The summed E-state index contributed by atoms with van der Waals surface area (Å²) in [6.07, 6.45) is 1.57. The Labute approximate surface area is 200 Å². The molecule has 2 N–H and O–H groups in total. The van der Waals surface area contributed by atoms with E-state index in [2.05, 4.69) is 14.9 Å². The summed E-state index contributed by atoms with van der Waals surface area (Å²) in [4.78, 5) is 15.2. The number of morpholine rings is 1. The average molecular weight is 490 g/mol. The topological polar surface area (TPSA) is 106 Å². The lowest BCUT2D eigenvalue weighted by Crippen LogP contribution is -2.43. The Morgan fingerprint density at radius 1 is 1.03 bits per heavy atom. The van der Waals surface area contributed by atoms with Gasteiger partial charge in [0.15, 0.2) is 11.5 Å². The van der Waals surface area contributed by atoms with Gasteiger partial charge < -0.3 is 19.5 Å². The third-order valence-corrected chi connectivity index (χ3v) is 7.74. The van der Waals surface area contributed by atoms with Gasteiger partial charge in [0.05, 0.1) is 37.7 Å². The molecule has 1 saturated heterocycles. The Balaban J connectivity index is 1.38. The minimum Gasteiger partial charge on any atom is -0.493 e. The number of rotatable bonds is 10. The first kappa shape index (κ1) is 24.3. The van der Waals surface area contributed by atoms with Gasteiger partial charge in [-0.15, -0.1) is 0 Å². The standard InChI is InChI=1S/C24H31N3O6S/c1-31-21-8-7-20(17-22(21)32-2)34(29,30)26-19-5-3-18(4-6-19)24(9-10-24)23(28)25-11-12-27-13-15-33-16-14-27/h3-8,17,26H,9-16H2,1-2H3,(H,25,28). The lowest BCUT2D eigenvalue weighted by molar-refractivity contribution is -0.123. The van der Waals surface area contributed by atoms with E-state index in [1.54, 1.807) is 18.2 Å². The summed E-state index contributed by atoms with van der Waals surface area (Å²) in [6.45, 7) is 4.66. The van der Waals surface area contributed by atoms with Crippen molar-refractivity contribution in [2.75, 3.05) is 58.3 Å². The van der Waals surface area contributed by atoms with Gasteiger partial charge in [-0.3, -0.25) is 14.4 Å². The molecule has 2 aliphatic rings. The van der Waals surface area contributed by atoms with E-state index in [0.29, 0.717) is 23.7 Å². The SMILES string of the molecule is COc1ccc(S(=O)(=O)Nc2ccc(C3(C(=O)NCCN4CCOCC4)CC3)cc2)cc1OC. The number of anilines is 1. The van der Waals surface area contributed by atoms with Crippen molar-refractivity contribution < 1.29 is 27.4 Å². The molecule has 1 saturated carbocycles. The second-order valence-electron chi connectivity index (χ2n) is 8.49. The highest BCUT2D eigenvalue weighted by Crippen LogP contribution is 2.48. The van der Waals surface area contributed by atoms with E-state index in [-0.39, 0.29) is 10.8 Å². The molecular weight excluding hydrogens is 458 g/mol. The molecule has 0 aromatic heterocycles. The number of nitrogens with one attached hydrogen (secondary N) is 2. The lowest BCUT2D eigenvalue weighted by Gasteiger charge is -2.27. The van der Waals surface area contributed by atoms with Crippen LogP contribution in [0.3, 0.4) is 0 Å². The molecule has 1 aliphatic heterocycles. The van der Waals surface area contributed by atoms with Gasteiger partial charge in [-0.2, -0.15) is 0 Å². The molecule has 34 heavy (non-hydrogen) atoms. The summed E-state index contributed by atoms with van der Waals surface area (Å²) in [5, 5.41) is 3.07. The normalized spacial score (nSPS) is 17.6. The van der Waals surface area contributed by atoms with Crippen molar-refractivity contribution in [3.63, 3.8) is 0 Å². The number of amides is 1. The summed E-state index contributed by atoms with van der Waals surface area (Å²) in [5.74, 6) is 0.805. The fourth-order valence-corrected chi connectivity index (χ4v) is 5.22. The van der Waals surface area contributed by atoms with E-state index in [1.807, 2.05) is 12.1 Å². The molecular formula is C24H31N3O6S. The van der Waals surface area contributed by atoms with Crippen LogP contribution in [0.4, 0.5) is 5.69 Å². The second-order valence-corrected chi connectivity index (χ2v) is 10.2. The minimum atomic E-state index is -3.82. The molecule has 10 heteroatoms. The number of carbonyl (C=O) groups is 1. The zero-order chi connectivity index (χ0) is 24.2. The van der Waals surface area contributed by atoms with E-state index in [0.717, 1.165) is 51.3 Å². The summed E-state index contributed by atoms with van der Waals surface area (Å²) >= 11 is 0. The van der Waals surface area contributed by atoms with Crippen LogP contribution in [0.15, 0.2) is 47.4 Å². The van der Waals surface area contributed by atoms with Crippen molar-refractivity contribution in [3.8, 4) is 11.5 Å². The number of ether oxygens (including phenoxy) is 3. The van der Waals surface area contributed by atoms with Crippen LogP contribution in [0.25, 0.3) is 0 Å². The molecule has 0 spiro atoms. The average Bonchev–Trinajstić information content (AvgIpc) is 3.66. The van der Waals surface area contributed by atoms with Crippen molar-refractivity contribution in [1.29, 1.82) is 0 Å². The fraction of sp³-hybridized carbons (Fsp3) is 0.458. The molecule has 0 unspecified atom stereocenters. The molecule has 2 aromatic carbocycles. The Kier molecular flexibility index (Phi) is 7.30. The van der Waals surface area contributed by atoms with Crippen molar-refractivity contribution in [2.45, 2.75) is 23.2 Å². The summed E-state index contributed by atoms with van der Waals surface area (Å²) in [6, 6.07) is 11.4. The maximum Gasteiger partial charge on any atom is 0.262 e. The van der Waals surface area contributed by atoms with Crippen LogP contribution >= 0.6 is 0 Å². The smallest absolute Gasteiger partial charge is 0.262 e. The van der Waals surface area contributed by atoms with Crippen LogP contribution in [0.2, 0.25) is 0 Å². The molecule has 9 nitrogen and oxygen atoms in total. The number of hydrogen-bond donors (Lipinski definition) is 2. The van der Waals surface area contributed by atoms with Gasteiger partial charge in [-0.25, -0.2) is 8.42 Å². The van der Waals surface area contributed by atoms with Gasteiger partial charge in [0.1, 0.15) is 0 Å². The third kappa shape index (κ3) is 5.29. The van der Waals surface area contributed by atoms with Crippen LogP contribution < -0.4 is 19.5 Å². The highest BCUT2D eigenvalue weighted by atomic mass is 32.2. The molecule has 0 bridgehead atoms. The van der Waals surface area contributed by atoms with Crippen molar-refractivity contribution in [2.24, 2.45) is 0 Å². The monoisotopic (exact) mass is 489 g/mol. The molecule has 1 heterocycles. The molecule has 184 valence electrons. The maximum absolute atomic E-state index is 12.9. The van der Waals surface area contributed by atoms with E-state index in [4.69, 9.17) is 14.2 Å². The quantitative estimate of drug-likeness (QED) is 0.526.